The smallest absolute Gasteiger partial charge is 0.377 e. The minimum Gasteiger partial charge on any atom is -0.493 e. The van der Waals surface area contributed by atoms with E-state index in [2.05, 4.69) is 10.3 Å². The fourth-order valence-corrected chi connectivity index (χ4v) is 1.54. The standard InChI is InChI=1S/C13H13ClN2O5/c1-8(21-13(18)10-7-19-4-5-20-10)12(17)16-11-3-2-9(14)6-15-11/h2-3,6-8H,4-5H2,1H3,(H,15,16,17)/t8-/m1/s1. The Bertz CT molecular complexity index is 558. The van der Waals surface area contributed by atoms with Crippen molar-refractivity contribution >= 4 is 29.3 Å². The van der Waals surface area contributed by atoms with E-state index in [-0.39, 0.29) is 12.4 Å². The first-order chi connectivity index (χ1) is 10.1. The summed E-state index contributed by atoms with van der Waals surface area (Å²) in [5.41, 5.74) is 0. The highest BCUT2D eigenvalue weighted by molar-refractivity contribution is 6.30. The van der Waals surface area contributed by atoms with Crippen molar-refractivity contribution in [2.75, 3.05) is 18.5 Å². The fraction of sp³-hybridized carbons (Fsp3) is 0.308. The van der Waals surface area contributed by atoms with Crippen LogP contribution in [0.15, 0.2) is 30.4 Å². The molecule has 7 nitrogen and oxygen atoms in total. The van der Waals surface area contributed by atoms with Crippen molar-refractivity contribution in [3.05, 3.63) is 35.4 Å². The first-order valence-corrected chi connectivity index (χ1v) is 6.52. The van der Waals surface area contributed by atoms with Gasteiger partial charge in [-0.05, 0) is 19.1 Å². The van der Waals surface area contributed by atoms with Gasteiger partial charge in [-0.1, -0.05) is 11.6 Å². The van der Waals surface area contributed by atoms with Crippen LogP contribution in [-0.4, -0.2) is 36.2 Å². The minimum absolute atomic E-state index is 0.0643. The number of nitrogens with one attached hydrogen (secondary N) is 1. The van der Waals surface area contributed by atoms with Gasteiger partial charge < -0.3 is 19.5 Å². The van der Waals surface area contributed by atoms with Gasteiger partial charge in [0, 0.05) is 6.20 Å². The number of pyridine rings is 1. The molecule has 0 saturated heterocycles. The fourth-order valence-electron chi connectivity index (χ4n) is 1.43. The van der Waals surface area contributed by atoms with Crippen molar-refractivity contribution in [3.63, 3.8) is 0 Å². The molecule has 1 aromatic heterocycles. The highest BCUT2D eigenvalue weighted by Gasteiger charge is 2.23. The third-order valence-corrected chi connectivity index (χ3v) is 2.71. The van der Waals surface area contributed by atoms with Gasteiger partial charge in [0.1, 0.15) is 25.3 Å². The third kappa shape index (κ3) is 4.35. The molecule has 1 aliphatic heterocycles. The van der Waals surface area contributed by atoms with E-state index in [9.17, 15) is 9.59 Å². The van der Waals surface area contributed by atoms with Crippen molar-refractivity contribution in [2.24, 2.45) is 0 Å². The van der Waals surface area contributed by atoms with Crippen molar-refractivity contribution in [1.82, 2.24) is 4.98 Å². The molecule has 0 unspecified atom stereocenters. The Kier molecular flexibility index (Phi) is 4.99. The Balaban J connectivity index is 1.88. The number of nitrogens with zero attached hydrogens (tertiary/aromatic N) is 1. The molecule has 0 aromatic carbocycles. The normalized spacial score (nSPS) is 15.0. The van der Waals surface area contributed by atoms with Gasteiger partial charge >= 0.3 is 5.97 Å². The predicted octanol–water partition coefficient (Wildman–Crippen LogP) is 1.49. The summed E-state index contributed by atoms with van der Waals surface area (Å²) < 4.78 is 15.0. The molecule has 112 valence electrons. The van der Waals surface area contributed by atoms with Crippen LogP contribution in [-0.2, 0) is 23.8 Å². The summed E-state index contributed by atoms with van der Waals surface area (Å²) in [4.78, 5) is 27.5. The van der Waals surface area contributed by atoms with Crippen molar-refractivity contribution in [3.8, 4) is 0 Å². The lowest BCUT2D eigenvalue weighted by molar-refractivity contribution is -0.153. The second-order valence-electron chi connectivity index (χ2n) is 4.10. The summed E-state index contributed by atoms with van der Waals surface area (Å²) in [5, 5.41) is 2.95. The molecule has 1 atom stereocenters. The van der Waals surface area contributed by atoms with Crippen LogP contribution >= 0.6 is 11.6 Å². The van der Waals surface area contributed by atoms with E-state index >= 15 is 0 Å². The summed E-state index contributed by atoms with van der Waals surface area (Å²) in [5.74, 6) is -1.04. The Morgan fingerprint density at radius 3 is 2.86 bits per heavy atom. The Morgan fingerprint density at radius 1 is 1.43 bits per heavy atom. The summed E-state index contributed by atoms with van der Waals surface area (Å²) in [6.07, 6.45) is 1.55. The zero-order valence-electron chi connectivity index (χ0n) is 11.2. The van der Waals surface area contributed by atoms with E-state index < -0.39 is 18.0 Å². The SMILES string of the molecule is C[C@@H](OC(=O)C1=COCCO1)C(=O)Nc1ccc(Cl)cn1. The number of halogens is 1. The maximum absolute atomic E-state index is 11.9. The maximum atomic E-state index is 11.9. The Morgan fingerprint density at radius 2 is 2.24 bits per heavy atom. The van der Waals surface area contributed by atoms with Crippen LogP contribution in [0.1, 0.15) is 6.92 Å². The van der Waals surface area contributed by atoms with Gasteiger partial charge in [0.2, 0.25) is 5.76 Å². The van der Waals surface area contributed by atoms with E-state index in [1.807, 2.05) is 0 Å². The molecule has 2 rings (SSSR count). The molecule has 1 aliphatic rings. The number of anilines is 1. The van der Waals surface area contributed by atoms with Crippen LogP contribution in [0.5, 0.6) is 0 Å². The van der Waals surface area contributed by atoms with Gasteiger partial charge in [-0.3, -0.25) is 4.79 Å². The highest BCUT2D eigenvalue weighted by Crippen LogP contribution is 2.11. The number of ether oxygens (including phenoxy) is 3. The number of carbonyl (C=O) groups is 2. The van der Waals surface area contributed by atoms with E-state index in [4.69, 9.17) is 25.8 Å². The van der Waals surface area contributed by atoms with Gasteiger partial charge in [0.25, 0.3) is 5.91 Å². The maximum Gasteiger partial charge on any atom is 0.377 e. The van der Waals surface area contributed by atoms with E-state index in [0.29, 0.717) is 17.4 Å². The van der Waals surface area contributed by atoms with Gasteiger partial charge in [-0.25, -0.2) is 9.78 Å². The van der Waals surface area contributed by atoms with E-state index in [1.54, 1.807) is 6.07 Å². The third-order valence-electron chi connectivity index (χ3n) is 2.48. The molecule has 8 heteroatoms. The van der Waals surface area contributed by atoms with Crippen molar-refractivity contribution < 1.29 is 23.8 Å². The first kappa shape index (κ1) is 15.1. The van der Waals surface area contributed by atoms with Crippen LogP contribution in [0.25, 0.3) is 0 Å². The number of aromatic nitrogens is 1. The number of amides is 1. The molecule has 0 spiro atoms. The molecule has 21 heavy (non-hydrogen) atoms. The summed E-state index contributed by atoms with van der Waals surface area (Å²) >= 11 is 5.69. The quantitative estimate of drug-likeness (QED) is 0.848. The number of carbonyl (C=O) groups excluding carboxylic acids is 2. The summed E-state index contributed by atoms with van der Waals surface area (Å²) in [6.45, 7) is 2.07. The van der Waals surface area contributed by atoms with Gasteiger partial charge in [0.05, 0.1) is 5.02 Å². The second-order valence-corrected chi connectivity index (χ2v) is 4.54. The molecule has 2 heterocycles. The van der Waals surface area contributed by atoms with Crippen molar-refractivity contribution in [1.29, 1.82) is 0 Å². The number of hydrogen-bond acceptors (Lipinski definition) is 6. The lowest BCUT2D eigenvalue weighted by Crippen LogP contribution is -2.31. The van der Waals surface area contributed by atoms with Crippen molar-refractivity contribution in [2.45, 2.75) is 13.0 Å². The number of rotatable bonds is 4. The second kappa shape index (κ2) is 6.94. The average molecular weight is 313 g/mol. The predicted molar refractivity (Wildman–Crippen MR) is 73.4 cm³/mol. The van der Waals surface area contributed by atoms with Crippen LogP contribution < -0.4 is 5.32 Å². The molecule has 0 aliphatic carbocycles. The van der Waals surface area contributed by atoms with Gasteiger partial charge in [0.15, 0.2) is 6.10 Å². The van der Waals surface area contributed by atoms with E-state index in [0.717, 1.165) is 6.26 Å². The molecule has 0 fully saturated rings. The molecule has 0 bridgehead atoms. The molecule has 0 radical (unpaired) electrons. The summed E-state index contributed by atoms with van der Waals surface area (Å²) in [6, 6.07) is 3.12. The number of hydrogen-bond donors (Lipinski definition) is 1. The van der Waals surface area contributed by atoms with Crippen LogP contribution in [0.4, 0.5) is 5.82 Å². The Labute approximate surface area is 125 Å². The lowest BCUT2D eigenvalue weighted by atomic mass is 10.3. The van der Waals surface area contributed by atoms with Crippen LogP contribution in [0.2, 0.25) is 5.02 Å². The van der Waals surface area contributed by atoms with Gasteiger partial charge in [-0.15, -0.1) is 0 Å². The van der Waals surface area contributed by atoms with E-state index in [1.165, 1.54) is 19.2 Å². The number of esters is 1. The monoisotopic (exact) mass is 312 g/mol. The average Bonchev–Trinajstić information content (AvgIpc) is 2.50. The Hall–Kier alpha value is -2.28. The molecule has 1 N–H and O–H groups in total. The minimum atomic E-state index is -1.01. The highest BCUT2D eigenvalue weighted by atomic mass is 35.5. The lowest BCUT2D eigenvalue weighted by Gasteiger charge is -2.17. The topological polar surface area (TPSA) is 86.8 Å². The molecule has 1 aromatic rings. The largest absolute Gasteiger partial charge is 0.493 e. The van der Waals surface area contributed by atoms with Crippen LogP contribution in [0, 0.1) is 0 Å². The summed E-state index contributed by atoms with van der Waals surface area (Å²) in [7, 11) is 0. The molecule has 1 amide bonds. The molecule has 0 saturated carbocycles. The van der Waals surface area contributed by atoms with Crippen LogP contribution in [0.3, 0.4) is 0 Å². The molecular formula is C13H13ClN2O5. The first-order valence-electron chi connectivity index (χ1n) is 6.14. The zero-order chi connectivity index (χ0) is 15.2. The zero-order valence-corrected chi connectivity index (χ0v) is 11.9. The van der Waals surface area contributed by atoms with Gasteiger partial charge in [-0.2, -0.15) is 0 Å². The molecular weight excluding hydrogens is 300 g/mol.